The van der Waals surface area contributed by atoms with Gasteiger partial charge in [0.25, 0.3) is 0 Å². The highest BCUT2D eigenvalue weighted by Gasteiger charge is 2.31. The first-order valence-corrected chi connectivity index (χ1v) is 12.3. The summed E-state index contributed by atoms with van der Waals surface area (Å²) in [4.78, 5) is 47.3. The zero-order valence-electron chi connectivity index (χ0n) is 18.7. The van der Waals surface area contributed by atoms with Crippen LogP contribution in [0.25, 0.3) is 0 Å². The molecule has 0 spiro atoms. The Kier molecular flexibility index (Phi) is 15.5. The number of hydrazine groups is 2. The van der Waals surface area contributed by atoms with E-state index in [1.807, 2.05) is 13.8 Å². The second-order valence-electron chi connectivity index (χ2n) is 6.98. The highest BCUT2D eigenvalue weighted by Crippen LogP contribution is 2.39. The summed E-state index contributed by atoms with van der Waals surface area (Å²) in [6, 6.07) is 0. The molecule has 0 aliphatic carbocycles. The van der Waals surface area contributed by atoms with E-state index in [9.17, 15) is 23.7 Å². The van der Waals surface area contributed by atoms with Gasteiger partial charge in [-0.25, -0.2) is 10.1 Å². The molecule has 1 unspecified atom stereocenters. The van der Waals surface area contributed by atoms with Gasteiger partial charge < -0.3 is 0 Å². The van der Waals surface area contributed by atoms with Crippen molar-refractivity contribution in [1.82, 2.24) is 25.9 Å². The van der Waals surface area contributed by atoms with Gasteiger partial charge in [0.2, 0.25) is 5.91 Å². The average molecular weight is 448 g/mol. The van der Waals surface area contributed by atoms with Crippen molar-refractivity contribution in [3.05, 3.63) is 0 Å². The molecule has 30 heavy (non-hydrogen) atoms. The Morgan fingerprint density at radius 3 is 1.73 bits per heavy atom. The van der Waals surface area contributed by atoms with Crippen LogP contribution in [0, 0.1) is 0 Å². The third-order valence-electron chi connectivity index (χ3n) is 4.35. The molecule has 0 aromatic heterocycles. The lowest BCUT2D eigenvalue weighted by Gasteiger charge is -2.32. The number of amides is 1. The summed E-state index contributed by atoms with van der Waals surface area (Å²) in [5.74, 6) is -0.403. The molecule has 0 aliphatic rings. The van der Waals surface area contributed by atoms with E-state index in [4.69, 9.17) is 0 Å². The summed E-state index contributed by atoms with van der Waals surface area (Å²) in [6.45, 7) is 7.45. The molecule has 0 aromatic rings. The molecule has 0 aliphatic heterocycles. The maximum atomic E-state index is 13.7. The van der Waals surface area contributed by atoms with Gasteiger partial charge in [-0.1, -0.05) is 27.7 Å². The van der Waals surface area contributed by atoms with Crippen LogP contribution >= 0.6 is 7.59 Å². The van der Waals surface area contributed by atoms with Gasteiger partial charge >= 0.3 is 7.59 Å². The second-order valence-corrected chi connectivity index (χ2v) is 9.14. The Labute approximate surface area is 179 Å². The van der Waals surface area contributed by atoms with Crippen molar-refractivity contribution < 1.29 is 23.7 Å². The minimum atomic E-state index is -3.68. The van der Waals surface area contributed by atoms with Crippen molar-refractivity contribution in [2.75, 3.05) is 19.6 Å². The number of rotatable bonds is 19. The molecule has 4 N–H and O–H groups in total. The van der Waals surface area contributed by atoms with Crippen LogP contribution in [-0.4, -0.2) is 47.6 Å². The zero-order chi connectivity index (χ0) is 23.0. The molecule has 0 radical (unpaired) electrons. The number of carbonyl (C=O) groups is 4. The van der Waals surface area contributed by atoms with Crippen LogP contribution in [0.5, 0.6) is 0 Å². The molecule has 0 heterocycles. The normalized spacial score (nSPS) is 13.1. The van der Waals surface area contributed by atoms with Crippen molar-refractivity contribution in [1.29, 1.82) is 0 Å². The Morgan fingerprint density at radius 2 is 1.27 bits per heavy atom. The largest absolute Gasteiger partial charge is 0.312 e. The molecule has 174 valence electrons. The van der Waals surface area contributed by atoms with Crippen molar-refractivity contribution in [3.63, 3.8) is 0 Å². The average Bonchev–Trinajstić information content (AvgIpc) is 2.72. The molecular formula is C19H38N5O5P. The summed E-state index contributed by atoms with van der Waals surface area (Å²) >= 11 is 0. The third-order valence-corrected chi connectivity index (χ3v) is 6.43. The molecule has 1 atom stereocenters. The van der Waals surface area contributed by atoms with Crippen LogP contribution in [0.15, 0.2) is 0 Å². The van der Waals surface area contributed by atoms with Gasteiger partial charge in [-0.15, -0.1) is 0 Å². The van der Waals surface area contributed by atoms with Crippen molar-refractivity contribution >= 4 is 30.9 Å². The smallest absolute Gasteiger partial charge is 0.300 e. The molecule has 11 heteroatoms. The number of hydrogen-bond donors (Lipinski definition) is 4. The van der Waals surface area contributed by atoms with Crippen LogP contribution in [0.4, 0.5) is 0 Å². The topological polar surface area (TPSA) is 137 Å². The van der Waals surface area contributed by atoms with Crippen LogP contribution in [0.1, 0.15) is 79.1 Å². The number of nitrogens with zero attached hydrogens (tertiary/aromatic N) is 1. The van der Waals surface area contributed by atoms with E-state index in [1.54, 1.807) is 13.8 Å². The van der Waals surface area contributed by atoms with Crippen molar-refractivity contribution in [2.45, 2.75) is 79.1 Å². The van der Waals surface area contributed by atoms with Crippen LogP contribution in [-0.2, 0) is 23.7 Å². The van der Waals surface area contributed by atoms with Gasteiger partial charge in [-0.05, 0) is 12.8 Å². The fourth-order valence-corrected chi connectivity index (χ4v) is 4.14. The third kappa shape index (κ3) is 12.3. The summed E-state index contributed by atoms with van der Waals surface area (Å²) in [5.41, 5.74) is 5.08. The molecule has 10 nitrogen and oxygen atoms in total. The molecule has 0 aromatic carbocycles. The molecule has 1 amide bonds. The number of nitrogens with one attached hydrogen (secondary N) is 4. The first-order valence-electron chi connectivity index (χ1n) is 10.7. The highest BCUT2D eigenvalue weighted by molar-refractivity contribution is 7.57. The van der Waals surface area contributed by atoms with Gasteiger partial charge in [0.1, 0.15) is 17.3 Å². The van der Waals surface area contributed by atoms with Gasteiger partial charge in [0, 0.05) is 51.6 Å². The van der Waals surface area contributed by atoms with E-state index < -0.39 is 7.59 Å². The SMILES string of the molecule is CCCC(=O)CNNP(=O)(NNC(=O)CCC)N(CCC(=O)CC)CCC(=O)CC. The second kappa shape index (κ2) is 16.3. The van der Waals surface area contributed by atoms with E-state index >= 15 is 0 Å². The van der Waals surface area contributed by atoms with Crippen LogP contribution in [0.2, 0.25) is 0 Å². The lowest BCUT2D eigenvalue weighted by molar-refractivity contribution is -0.122. The predicted molar refractivity (Wildman–Crippen MR) is 116 cm³/mol. The molecule has 0 bridgehead atoms. The first kappa shape index (κ1) is 28.5. The lowest BCUT2D eigenvalue weighted by Crippen LogP contribution is -2.49. The summed E-state index contributed by atoms with van der Waals surface area (Å²) in [5, 5.41) is 5.17. The lowest BCUT2D eigenvalue weighted by atomic mass is 10.2. The Hall–Kier alpha value is -1.45. The van der Waals surface area contributed by atoms with Crippen molar-refractivity contribution in [3.8, 4) is 0 Å². The Balaban J connectivity index is 5.40. The highest BCUT2D eigenvalue weighted by atomic mass is 31.2. The van der Waals surface area contributed by atoms with E-state index in [2.05, 4.69) is 21.2 Å². The van der Waals surface area contributed by atoms with E-state index in [0.29, 0.717) is 32.1 Å². The minimum Gasteiger partial charge on any atom is -0.300 e. The molecule has 0 fully saturated rings. The molecular weight excluding hydrogens is 409 g/mol. The number of Topliss-reactive ketones (excluding diaryl/α,β-unsaturated/α-hetero) is 3. The Morgan fingerprint density at radius 1 is 0.733 bits per heavy atom. The predicted octanol–water partition coefficient (Wildman–Crippen LogP) is 2.02. The number of carbonyl (C=O) groups excluding carboxylic acids is 4. The fraction of sp³-hybridized carbons (Fsp3) is 0.789. The van der Waals surface area contributed by atoms with Gasteiger partial charge in [0.15, 0.2) is 0 Å². The van der Waals surface area contributed by atoms with E-state index in [0.717, 1.165) is 0 Å². The summed E-state index contributed by atoms with van der Waals surface area (Å²) in [6.07, 6.45) is 2.97. The number of ketones is 3. The van der Waals surface area contributed by atoms with Crippen LogP contribution < -0.4 is 21.2 Å². The molecule has 0 saturated carbocycles. The van der Waals surface area contributed by atoms with Gasteiger partial charge in [-0.3, -0.25) is 29.2 Å². The van der Waals surface area contributed by atoms with E-state index in [-0.39, 0.29) is 62.2 Å². The maximum Gasteiger partial charge on any atom is 0.312 e. The van der Waals surface area contributed by atoms with Gasteiger partial charge in [-0.2, -0.15) is 10.4 Å². The minimum absolute atomic E-state index is 0.00512. The first-order chi connectivity index (χ1) is 14.2. The maximum absolute atomic E-state index is 13.7. The molecule has 0 saturated heterocycles. The van der Waals surface area contributed by atoms with E-state index in [1.165, 1.54) is 4.67 Å². The Bertz CT molecular complexity index is 594. The quantitative estimate of drug-likeness (QED) is 0.173. The standard InChI is InChI=1S/C19H38N5O5P/c1-5-9-18(27)15-20-22-30(29,23-21-19(28)10-6-2)24(13-11-16(25)7-3)14-12-17(26)8-4/h20H,5-15H2,1-4H3,(H,21,28)(H2,22,23,29). The fourth-order valence-electron chi connectivity index (χ4n) is 2.46. The monoisotopic (exact) mass is 447 g/mol. The summed E-state index contributed by atoms with van der Waals surface area (Å²) in [7, 11) is -3.68. The zero-order valence-corrected chi connectivity index (χ0v) is 19.6. The summed E-state index contributed by atoms with van der Waals surface area (Å²) < 4.78 is 15.1. The van der Waals surface area contributed by atoms with Crippen molar-refractivity contribution in [2.24, 2.45) is 0 Å². The molecule has 0 rings (SSSR count). The number of hydrogen-bond acceptors (Lipinski definition) is 6. The van der Waals surface area contributed by atoms with Gasteiger partial charge in [0.05, 0.1) is 6.54 Å². The van der Waals surface area contributed by atoms with Crippen LogP contribution in [0.3, 0.4) is 0 Å².